The molecule has 3 nitrogen and oxygen atoms in total. The minimum absolute atomic E-state index is 0.169. The lowest BCUT2D eigenvalue weighted by molar-refractivity contribution is 0.280. The molecule has 0 aliphatic heterocycles. The second-order valence-corrected chi connectivity index (χ2v) is 5.07. The second kappa shape index (κ2) is 3.09. The van der Waals surface area contributed by atoms with E-state index in [0.717, 1.165) is 25.0 Å². The van der Waals surface area contributed by atoms with Crippen molar-refractivity contribution in [3.63, 3.8) is 0 Å². The van der Waals surface area contributed by atoms with Gasteiger partial charge < -0.3 is 5.73 Å². The minimum Gasteiger partial charge on any atom is -0.324 e. The van der Waals surface area contributed by atoms with Crippen LogP contribution in [-0.2, 0) is 12.8 Å². The summed E-state index contributed by atoms with van der Waals surface area (Å²) in [6.07, 6.45) is 3.11. The van der Waals surface area contributed by atoms with Gasteiger partial charge in [0.2, 0.25) is 0 Å². The number of hydrogen-bond acceptors (Lipinski definition) is 2. The monoisotopic (exact) mass is 193 g/mol. The number of nitrogens with one attached hydrogen (secondary N) is 1. The summed E-state index contributed by atoms with van der Waals surface area (Å²) in [6, 6.07) is 0.169. The van der Waals surface area contributed by atoms with Gasteiger partial charge in [0.05, 0.1) is 5.69 Å². The fourth-order valence-electron chi connectivity index (χ4n) is 2.52. The van der Waals surface area contributed by atoms with E-state index < -0.39 is 0 Å². The Hall–Kier alpha value is -0.830. The minimum atomic E-state index is 0.169. The van der Waals surface area contributed by atoms with Gasteiger partial charge in [0.25, 0.3) is 0 Å². The molecule has 1 unspecified atom stereocenters. The molecule has 2 rings (SSSR count). The van der Waals surface area contributed by atoms with Crippen molar-refractivity contribution in [2.75, 3.05) is 0 Å². The molecule has 1 heterocycles. The van der Waals surface area contributed by atoms with Gasteiger partial charge in [0.1, 0.15) is 0 Å². The van der Waals surface area contributed by atoms with Crippen molar-refractivity contribution >= 4 is 0 Å². The van der Waals surface area contributed by atoms with E-state index in [-0.39, 0.29) is 6.04 Å². The lowest BCUT2D eigenvalue weighted by Gasteiger charge is -2.33. The molecule has 0 saturated carbocycles. The first-order valence-corrected chi connectivity index (χ1v) is 5.35. The highest BCUT2D eigenvalue weighted by molar-refractivity contribution is 5.32. The Kier molecular flexibility index (Phi) is 2.14. The highest BCUT2D eigenvalue weighted by Gasteiger charge is 2.33. The summed E-state index contributed by atoms with van der Waals surface area (Å²) in [5.41, 5.74) is 10.2. The Labute approximate surface area is 85.1 Å². The lowest BCUT2D eigenvalue weighted by atomic mass is 9.74. The Balaban J connectivity index is 2.42. The molecule has 0 bridgehead atoms. The molecule has 14 heavy (non-hydrogen) atoms. The van der Waals surface area contributed by atoms with Gasteiger partial charge in [-0.1, -0.05) is 20.8 Å². The standard InChI is InChI=1S/C11H19N3/c1-4-8-10-7(12)5-11(2,3)6-9(10)14-13-8/h7H,4-6,12H2,1-3H3,(H,13,14). The summed E-state index contributed by atoms with van der Waals surface area (Å²) in [7, 11) is 0. The molecular weight excluding hydrogens is 174 g/mol. The van der Waals surface area contributed by atoms with Crippen molar-refractivity contribution in [3.8, 4) is 0 Å². The number of aromatic nitrogens is 2. The number of aromatic amines is 1. The van der Waals surface area contributed by atoms with E-state index in [1.807, 2.05) is 0 Å². The van der Waals surface area contributed by atoms with Crippen molar-refractivity contribution in [2.24, 2.45) is 11.1 Å². The molecule has 0 fully saturated rings. The highest BCUT2D eigenvalue weighted by atomic mass is 15.1. The first-order valence-electron chi connectivity index (χ1n) is 5.35. The summed E-state index contributed by atoms with van der Waals surface area (Å²) < 4.78 is 0. The van der Waals surface area contributed by atoms with Crippen LogP contribution in [0.5, 0.6) is 0 Å². The van der Waals surface area contributed by atoms with Crippen LogP contribution in [-0.4, -0.2) is 10.2 Å². The van der Waals surface area contributed by atoms with E-state index in [0.29, 0.717) is 5.41 Å². The van der Waals surface area contributed by atoms with Gasteiger partial charge in [-0.3, -0.25) is 5.10 Å². The topological polar surface area (TPSA) is 54.7 Å². The second-order valence-electron chi connectivity index (χ2n) is 5.07. The molecule has 0 aromatic carbocycles. The van der Waals surface area contributed by atoms with E-state index in [2.05, 4.69) is 31.0 Å². The van der Waals surface area contributed by atoms with Crippen LogP contribution < -0.4 is 5.73 Å². The third-order valence-electron chi connectivity index (χ3n) is 3.10. The number of nitrogens with zero attached hydrogens (tertiary/aromatic N) is 1. The summed E-state index contributed by atoms with van der Waals surface area (Å²) in [4.78, 5) is 0. The fraction of sp³-hybridized carbons (Fsp3) is 0.727. The van der Waals surface area contributed by atoms with E-state index in [1.54, 1.807) is 0 Å². The van der Waals surface area contributed by atoms with E-state index in [9.17, 15) is 0 Å². The average Bonchev–Trinajstić information content (AvgIpc) is 2.44. The fourth-order valence-corrected chi connectivity index (χ4v) is 2.52. The molecule has 0 spiro atoms. The normalized spacial score (nSPS) is 24.7. The zero-order valence-electron chi connectivity index (χ0n) is 9.22. The predicted octanol–water partition coefficient (Wildman–Crippen LogP) is 1.94. The molecule has 0 radical (unpaired) electrons. The Morgan fingerprint density at radius 1 is 1.57 bits per heavy atom. The quantitative estimate of drug-likeness (QED) is 0.716. The van der Waals surface area contributed by atoms with Gasteiger partial charge in [-0.25, -0.2) is 0 Å². The van der Waals surface area contributed by atoms with E-state index in [4.69, 9.17) is 5.73 Å². The van der Waals surface area contributed by atoms with Crippen LogP contribution in [0.3, 0.4) is 0 Å². The molecule has 0 amide bonds. The third kappa shape index (κ3) is 1.46. The summed E-state index contributed by atoms with van der Waals surface area (Å²) in [5.74, 6) is 0. The smallest absolute Gasteiger partial charge is 0.0670 e. The van der Waals surface area contributed by atoms with Crippen LogP contribution in [0.15, 0.2) is 0 Å². The Bertz CT molecular complexity index is 338. The maximum atomic E-state index is 6.18. The maximum absolute atomic E-state index is 6.18. The SMILES string of the molecule is CCc1n[nH]c2c1C(N)CC(C)(C)C2. The molecule has 1 aliphatic rings. The van der Waals surface area contributed by atoms with Crippen LogP contribution in [0.2, 0.25) is 0 Å². The summed E-state index contributed by atoms with van der Waals surface area (Å²) in [6.45, 7) is 6.66. The van der Waals surface area contributed by atoms with Crippen LogP contribution in [0, 0.1) is 5.41 Å². The number of aryl methyl sites for hydroxylation is 1. The van der Waals surface area contributed by atoms with Crippen molar-refractivity contribution in [1.82, 2.24) is 10.2 Å². The number of rotatable bonds is 1. The third-order valence-corrected chi connectivity index (χ3v) is 3.10. The van der Waals surface area contributed by atoms with Crippen molar-refractivity contribution in [2.45, 2.75) is 46.1 Å². The van der Waals surface area contributed by atoms with E-state index >= 15 is 0 Å². The first-order chi connectivity index (χ1) is 6.53. The van der Waals surface area contributed by atoms with E-state index in [1.165, 1.54) is 11.3 Å². The van der Waals surface area contributed by atoms with Crippen LogP contribution in [0.4, 0.5) is 0 Å². The molecule has 1 atom stereocenters. The zero-order valence-corrected chi connectivity index (χ0v) is 9.22. The number of H-pyrrole nitrogens is 1. The number of hydrogen-bond donors (Lipinski definition) is 2. The van der Waals surface area contributed by atoms with Crippen molar-refractivity contribution in [1.29, 1.82) is 0 Å². The first kappa shape index (κ1) is 9.71. The van der Waals surface area contributed by atoms with Crippen molar-refractivity contribution in [3.05, 3.63) is 17.0 Å². The van der Waals surface area contributed by atoms with Crippen molar-refractivity contribution < 1.29 is 0 Å². The zero-order chi connectivity index (χ0) is 10.3. The molecule has 3 heteroatoms. The van der Waals surface area contributed by atoms with Crippen LogP contribution in [0.25, 0.3) is 0 Å². The molecule has 1 aromatic rings. The van der Waals surface area contributed by atoms with Crippen LogP contribution in [0.1, 0.15) is 50.2 Å². The maximum Gasteiger partial charge on any atom is 0.0670 e. The van der Waals surface area contributed by atoms with Gasteiger partial charge in [0.15, 0.2) is 0 Å². The molecule has 78 valence electrons. The molecule has 3 N–H and O–H groups in total. The average molecular weight is 193 g/mol. The van der Waals surface area contributed by atoms with Gasteiger partial charge >= 0.3 is 0 Å². The molecule has 0 saturated heterocycles. The summed E-state index contributed by atoms with van der Waals surface area (Å²) >= 11 is 0. The molecular formula is C11H19N3. The van der Waals surface area contributed by atoms with Gasteiger partial charge in [0, 0.05) is 17.3 Å². The van der Waals surface area contributed by atoms with Gasteiger partial charge in [-0.2, -0.15) is 5.10 Å². The number of fused-ring (bicyclic) bond motifs is 1. The Morgan fingerprint density at radius 3 is 2.93 bits per heavy atom. The lowest BCUT2D eigenvalue weighted by Crippen LogP contribution is -2.29. The predicted molar refractivity (Wildman–Crippen MR) is 57.0 cm³/mol. The highest BCUT2D eigenvalue weighted by Crippen LogP contribution is 2.39. The summed E-state index contributed by atoms with van der Waals surface area (Å²) in [5, 5.41) is 7.46. The van der Waals surface area contributed by atoms with Gasteiger partial charge in [-0.05, 0) is 24.7 Å². The van der Waals surface area contributed by atoms with Crippen LogP contribution >= 0.6 is 0 Å². The largest absolute Gasteiger partial charge is 0.324 e. The number of nitrogens with two attached hydrogens (primary N) is 1. The van der Waals surface area contributed by atoms with Gasteiger partial charge in [-0.15, -0.1) is 0 Å². The Morgan fingerprint density at radius 2 is 2.29 bits per heavy atom. The molecule has 1 aliphatic carbocycles. The molecule has 1 aromatic heterocycles.